The topological polar surface area (TPSA) is 99.2 Å². The number of sulfonamides is 1. The monoisotopic (exact) mass is 314 g/mol. The van der Waals surface area contributed by atoms with E-state index in [0.29, 0.717) is 25.5 Å². The maximum Gasteiger partial charge on any atom is 0.246 e. The number of rotatable bonds is 6. The second-order valence-electron chi connectivity index (χ2n) is 5.83. The van der Waals surface area contributed by atoms with E-state index < -0.39 is 10.0 Å². The molecule has 0 spiro atoms. The first-order valence-corrected chi connectivity index (χ1v) is 8.96. The summed E-state index contributed by atoms with van der Waals surface area (Å²) >= 11 is 0. The average Bonchev–Trinajstić information content (AvgIpc) is 3.04. The standard InChI is InChI=1S/C13H22N4O3S/c1-2-6-17-8-11(13(14)15-17)21(18,19)16-10-5-7-20-12(10)9-3-4-9/h8-10,12,16H,2-7H2,1H3,(H2,14,15). The van der Waals surface area contributed by atoms with E-state index in [0.717, 1.165) is 19.3 Å². The summed E-state index contributed by atoms with van der Waals surface area (Å²) in [5.41, 5.74) is 5.76. The molecule has 2 atom stereocenters. The van der Waals surface area contributed by atoms with Crippen LogP contribution in [0.25, 0.3) is 0 Å². The number of aromatic nitrogens is 2. The molecule has 1 aliphatic carbocycles. The predicted molar refractivity (Wildman–Crippen MR) is 78.1 cm³/mol. The lowest BCUT2D eigenvalue weighted by Crippen LogP contribution is -2.41. The largest absolute Gasteiger partial charge is 0.381 e. The maximum atomic E-state index is 12.5. The maximum absolute atomic E-state index is 12.5. The Morgan fingerprint density at radius 1 is 1.48 bits per heavy atom. The average molecular weight is 314 g/mol. The lowest BCUT2D eigenvalue weighted by molar-refractivity contribution is 0.0848. The van der Waals surface area contributed by atoms with Crippen molar-refractivity contribution in [1.82, 2.24) is 14.5 Å². The molecule has 1 aliphatic heterocycles. The zero-order valence-corrected chi connectivity index (χ0v) is 13.0. The highest BCUT2D eigenvalue weighted by Crippen LogP contribution is 2.39. The van der Waals surface area contributed by atoms with Crippen molar-refractivity contribution in [2.75, 3.05) is 12.3 Å². The smallest absolute Gasteiger partial charge is 0.246 e. The number of ether oxygens (including phenoxy) is 1. The summed E-state index contributed by atoms with van der Waals surface area (Å²) in [6.45, 7) is 3.26. The highest BCUT2D eigenvalue weighted by Gasteiger charge is 2.42. The van der Waals surface area contributed by atoms with Gasteiger partial charge in [-0.05, 0) is 31.6 Å². The van der Waals surface area contributed by atoms with Gasteiger partial charge < -0.3 is 10.5 Å². The Morgan fingerprint density at radius 3 is 2.90 bits per heavy atom. The molecule has 1 saturated heterocycles. The molecular weight excluding hydrogens is 292 g/mol. The van der Waals surface area contributed by atoms with Crippen molar-refractivity contribution in [3.8, 4) is 0 Å². The van der Waals surface area contributed by atoms with Gasteiger partial charge in [0.2, 0.25) is 10.0 Å². The molecule has 8 heteroatoms. The number of aryl methyl sites for hydroxylation is 1. The molecule has 7 nitrogen and oxygen atoms in total. The summed E-state index contributed by atoms with van der Waals surface area (Å²) in [5.74, 6) is 0.554. The van der Waals surface area contributed by atoms with E-state index in [1.165, 1.54) is 6.20 Å². The molecule has 0 aromatic carbocycles. The summed E-state index contributed by atoms with van der Waals surface area (Å²) in [5, 5.41) is 4.05. The number of nitrogens with two attached hydrogens (primary N) is 1. The van der Waals surface area contributed by atoms with Crippen LogP contribution >= 0.6 is 0 Å². The van der Waals surface area contributed by atoms with Gasteiger partial charge in [0.25, 0.3) is 0 Å². The minimum Gasteiger partial charge on any atom is -0.381 e. The molecule has 0 amide bonds. The summed E-state index contributed by atoms with van der Waals surface area (Å²) in [6, 6.07) is -0.156. The molecule has 118 valence electrons. The van der Waals surface area contributed by atoms with Crippen LogP contribution in [0.1, 0.15) is 32.6 Å². The van der Waals surface area contributed by atoms with Crippen molar-refractivity contribution in [2.24, 2.45) is 5.92 Å². The number of nitrogen functional groups attached to an aromatic ring is 1. The van der Waals surface area contributed by atoms with E-state index >= 15 is 0 Å². The Morgan fingerprint density at radius 2 is 2.24 bits per heavy atom. The fraction of sp³-hybridized carbons (Fsp3) is 0.769. The molecule has 21 heavy (non-hydrogen) atoms. The molecule has 2 aliphatic rings. The van der Waals surface area contributed by atoms with E-state index in [4.69, 9.17) is 10.5 Å². The van der Waals surface area contributed by atoms with Crippen molar-refractivity contribution in [2.45, 2.75) is 56.2 Å². The molecule has 3 N–H and O–H groups in total. The van der Waals surface area contributed by atoms with Crippen LogP contribution in [0.2, 0.25) is 0 Å². The Kier molecular flexibility index (Phi) is 3.94. The van der Waals surface area contributed by atoms with Crippen LogP contribution in [0.3, 0.4) is 0 Å². The molecule has 2 fully saturated rings. The molecule has 1 aromatic rings. The van der Waals surface area contributed by atoms with Crippen LogP contribution in [-0.2, 0) is 21.3 Å². The minimum absolute atomic E-state index is 0.00619. The highest BCUT2D eigenvalue weighted by molar-refractivity contribution is 7.89. The third-order valence-electron chi connectivity index (χ3n) is 4.03. The van der Waals surface area contributed by atoms with E-state index in [2.05, 4.69) is 9.82 Å². The van der Waals surface area contributed by atoms with Crippen molar-refractivity contribution in [3.63, 3.8) is 0 Å². The van der Waals surface area contributed by atoms with Gasteiger partial charge in [0, 0.05) is 19.3 Å². The van der Waals surface area contributed by atoms with Crippen molar-refractivity contribution < 1.29 is 13.2 Å². The SMILES string of the molecule is CCCn1cc(S(=O)(=O)NC2CCOC2C2CC2)c(N)n1. The summed E-state index contributed by atoms with van der Waals surface area (Å²) in [7, 11) is -3.65. The van der Waals surface area contributed by atoms with Gasteiger partial charge in [-0.2, -0.15) is 5.10 Å². The van der Waals surface area contributed by atoms with E-state index in [-0.39, 0.29) is 22.9 Å². The fourth-order valence-corrected chi connectivity index (χ4v) is 4.21. The zero-order valence-electron chi connectivity index (χ0n) is 12.2. The molecular formula is C13H22N4O3S. The van der Waals surface area contributed by atoms with Crippen LogP contribution in [0.4, 0.5) is 5.82 Å². The van der Waals surface area contributed by atoms with Crippen molar-refractivity contribution >= 4 is 15.8 Å². The molecule has 3 rings (SSSR count). The number of hydrogen-bond acceptors (Lipinski definition) is 5. The fourth-order valence-electron chi connectivity index (χ4n) is 2.86. The van der Waals surface area contributed by atoms with E-state index in [1.54, 1.807) is 4.68 Å². The summed E-state index contributed by atoms with van der Waals surface area (Å²) in [4.78, 5) is 0.0670. The van der Waals surface area contributed by atoms with Crippen LogP contribution < -0.4 is 10.5 Å². The van der Waals surface area contributed by atoms with E-state index in [9.17, 15) is 8.42 Å². The Balaban J connectivity index is 1.76. The van der Waals surface area contributed by atoms with Gasteiger partial charge in [-0.1, -0.05) is 6.92 Å². The minimum atomic E-state index is -3.65. The molecule has 1 aromatic heterocycles. The lowest BCUT2D eigenvalue weighted by Gasteiger charge is -2.19. The van der Waals surface area contributed by atoms with Crippen LogP contribution in [0, 0.1) is 5.92 Å². The molecule has 0 radical (unpaired) electrons. The van der Waals surface area contributed by atoms with Gasteiger partial charge in [-0.25, -0.2) is 13.1 Å². The van der Waals surface area contributed by atoms with Gasteiger partial charge in [0.1, 0.15) is 4.90 Å². The predicted octanol–water partition coefficient (Wildman–Crippen LogP) is 0.721. The number of hydrogen-bond donors (Lipinski definition) is 2. The second kappa shape index (κ2) is 5.58. The third kappa shape index (κ3) is 3.07. The van der Waals surface area contributed by atoms with Gasteiger partial charge in [-0.15, -0.1) is 0 Å². The Labute approximate surface area is 124 Å². The normalized spacial score (nSPS) is 26.3. The molecule has 0 bridgehead atoms. The van der Waals surface area contributed by atoms with Crippen molar-refractivity contribution in [1.29, 1.82) is 0 Å². The summed E-state index contributed by atoms with van der Waals surface area (Å²) < 4.78 is 35.0. The third-order valence-corrected chi connectivity index (χ3v) is 5.53. The zero-order chi connectivity index (χ0) is 15.0. The lowest BCUT2D eigenvalue weighted by atomic mass is 10.1. The first-order chi connectivity index (χ1) is 10.0. The van der Waals surface area contributed by atoms with Crippen LogP contribution in [-0.4, -0.2) is 37.0 Å². The van der Waals surface area contributed by atoms with E-state index in [1.807, 2.05) is 6.92 Å². The summed E-state index contributed by atoms with van der Waals surface area (Å²) in [6.07, 6.45) is 5.34. The van der Waals surface area contributed by atoms with Gasteiger partial charge in [-0.3, -0.25) is 4.68 Å². The molecule has 2 heterocycles. The van der Waals surface area contributed by atoms with Crippen molar-refractivity contribution in [3.05, 3.63) is 6.20 Å². The number of nitrogens with zero attached hydrogens (tertiary/aromatic N) is 2. The molecule has 1 saturated carbocycles. The van der Waals surface area contributed by atoms with Gasteiger partial charge >= 0.3 is 0 Å². The Bertz CT molecular complexity index is 609. The quantitative estimate of drug-likeness (QED) is 0.806. The first-order valence-electron chi connectivity index (χ1n) is 7.48. The first kappa shape index (κ1) is 14.8. The van der Waals surface area contributed by atoms with Crippen LogP contribution in [0.15, 0.2) is 11.1 Å². The number of anilines is 1. The second-order valence-corrected chi connectivity index (χ2v) is 7.51. The van der Waals surface area contributed by atoms with Gasteiger partial charge in [0.15, 0.2) is 5.82 Å². The Hall–Kier alpha value is -1.12. The van der Waals surface area contributed by atoms with Gasteiger partial charge in [0.05, 0.1) is 12.1 Å². The highest BCUT2D eigenvalue weighted by atomic mass is 32.2. The van der Waals surface area contributed by atoms with Crippen LogP contribution in [0.5, 0.6) is 0 Å². The number of nitrogens with one attached hydrogen (secondary N) is 1. The molecule has 2 unspecified atom stereocenters.